The Kier molecular flexibility index (Phi) is 5.39. The molecule has 2 heterocycles. The number of ether oxygens (including phenoxy) is 2. The number of benzene rings is 1. The molecule has 158 valence electrons. The fraction of sp³-hybridized carbons (Fsp3) is 0.391. The van der Waals surface area contributed by atoms with E-state index in [1.54, 1.807) is 20.4 Å². The first kappa shape index (κ1) is 20.2. The van der Waals surface area contributed by atoms with Gasteiger partial charge in [0.05, 0.1) is 37.2 Å². The summed E-state index contributed by atoms with van der Waals surface area (Å²) in [5.74, 6) is 2.62. The maximum absolute atomic E-state index is 12.6. The number of carbonyl (C=O) groups is 1. The molecule has 0 aliphatic heterocycles. The third kappa shape index (κ3) is 3.73. The molecule has 3 aromatic rings. The molecule has 1 aliphatic carbocycles. The maximum Gasteiger partial charge on any atom is 0.228 e. The average molecular weight is 409 g/mol. The molecule has 2 atom stereocenters. The van der Waals surface area contributed by atoms with Gasteiger partial charge in [0.25, 0.3) is 0 Å². The minimum absolute atomic E-state index is 0.0521. The average Bonchev–Trinajstić information content (AvgIpc) is 3.42. The first-order valence-corrected chi connectivity index (χ1v) is 10.0. The molecule has 1 N–H and O–H groups in total. The van der Waals surface area contributed by atoms with E-state index in [0.717, 1.165) is 46.6 Å². The fourth-order valence-electron chi connectivity index (χ4n) is 4.10. The van der Waals surface area contributed by atoms with Crippen molar-refractivity contribution >= 4 is 22.6 Å². The Bertz CT molecular complexity index is 1070. The zero-order chi connectivity index (χ0) is 21.4. The van der Waals surface area contributed by atoms with Gasteiger partial charge in [0.1, 0.15) is 17.3 Å². The van der Waals surface area contributed by atoms with E-state index in [-0.39, 0.29) is 11.8 Å². The number of nitrogens with one attached hydrogen (secondary N) is 1. The van der Waals surface area contributed by atoms with Crippen molar-refractivity contribution in [3.05, 3.63) is 36.5 Å². The van der Waals surface area contributed by atoms with E-state index in [2.05, 4.69) is 25.8 Å². The van der Waals surface area contributed by atoms with Gasteiger partial charge in [-0.05, 0) is 50.7 Å². The number of carbonyl (C=O) groups excluding carboxylic acids is 1. The molecule has 1 saturated carbocycles. The highest BCUT2D eigenvalue weighted by Crippen LogP contribution is 2.41. The lowest BCUT2D eigenvalue weighted by molar-refractivity contribution is -0.117. The number of nitrogens with zero attached hydrogens (tertiary/aromatic N) is 3. The summed E-state index contributed by atoms with van der Waals surface area (Å²) in [5, 5.41) is 3.98. The van der Waals surface area contributed by atoms with Crippen LogP contribution in [0.15, 0.2) is 36.5 Å². The number of amides is 1. The second-order valence-electron chi connectivity index (χ2n) is 8.11. The molecule has 0 saturated heterocycles. The Morgan fingerprint density at radius 1 is 1.23 bits per heavy atom. The van der Waals surface area contributed by atoms with E-state index in [0.29, 0.717) is 11.7 Å². The third-order valence-corrected chi connectivity index (χ3v) is 5.72. The van der Waals surface area contributed by atoms with Crippen LogP contribution in [0.25, 0.3) is 22.2 Å². The number of hydrogen-bond acceptors (Lipinski definition) is 5. The zero-order valence-corrected chi connectivity index (χ0v) is 18.1. The van der Waals surface area contributed by atoms with Crippen molar-refractivity contribution in [2.75, 3.05) is 40.2 Å². The van der Waals surface area contributed by atoms with Gasteiger partial charge in [-0.3, -0.25) is 4.79 Å². The van der Waals surface area contributed by atoms with Gasteiger partial charge in [-0.1, -0.05) is 6.07 Å². The van der Waals surface area contributed by atoms with Crippen LogP contribution in [0.2, 0.25) is 0 Å². The summed E-state index contributed by atoms with van der Waals surface area (Å²) in [6.45, 7) is 0.938. The molecule has 1 amide bonds. The summed E-state index contributed by atoms with van der Waals surface area (Å²) in [6.07, 6.45) is 2.73. The molecule has 0 bridgehead atoms. The summed E-state index contributed by atoms with van der Waals surface area (Å²) in [5.41, 5.74) is 2.81. The molecule has 7 heteroatoms. The van der Waals surface area contributed by atoms with Crippen molar-refractivity contribution in [2.24, 2.45) is 18.9 Å². The van der Waals surface area contributed by atoms with E-state index >= 15 is 0 Å². The number of hydrogen-bond donors (Lipinski definition) is 1. The fourth-order valence-corrected chi connectivity index (χ4v) is 4.10. The van der Waals surface area contributed by atoms with Crippen molar-refractivity contribution in [1.82, 2.24) is 14.5 Å². The highest BCUT2D eigenvalue weighted by atomic mass is 16.5. The number of anilines is 1. The van der Waals surface area contributed by atoms with Gasteiger partial charge in [0, 0.05) is 24.9 Å². The lowest BCUT2D eigenvalue weighted by Crippen LogP contribution is -2.20. The van der Waals surface area contributed by atoms with Crippen LogP contribution in [0, 0.1) is 11.8 Å². The van der Waals surface area contributed by atoms with Crippen LogP contribution in [0.1, 0.15) is 6.42 Å². The highest BCUT2D eigenvalue weighted by molar-refractivity contribution is 5.96. The Balaban J connectivity index is 1.63. The summed E-state index contributed by atoms with van der Waals surface area (Å²) in [6, 6.07) is 9.72. The smallest absolute Gasteiger partial charge is 0.228 e. The Labute approximate surface area is 176 Å². The van der Waals surface area contributed by atoms with Gasteiger partial charge in [0.15, 0.2) is 0 Å². The third-order valence-electron chi connectivity index (χ3n) is 5.72. The maximum atomic E-state index is 12.6. The van der Waals surface area contributed by atoms with Gasteiger partial charge in [-0.25, -0.2) is 4.98 Å². The van der Waals surface area contributed by atoms with Gasteiger partial charge >= 0.3 is 0 Å². The van der Waals surface area contributed by atoms with Crippen molar-refractivity contribution < 1.29 is 14.3 Å². The summed E-state index contributed by atoms with van der Waals surface area (Å²) in [4.78, 5) is 19.2. The number of fused-ring (bicyclic) bond motifs is 1. The summed E-state index contributed by atoms with van der Waals surface area (Å²) >= 11 is 0. The first-order valence-electron chi connectivity index (χ1n) is 10.0. The predicted octanol–water partition coefficient (Wildman–Crippen LogP) is 3.39. The van der Waals surface area contributed by atoms with Crippen molar-refractivity contribution in [3.8, 4) is 22.8 Å². The van der Waals surface area contributed by atoms with Crippen LogP contribution in [-0.2, 0) is 11.8 Å². The van der Waals surface area contributed by atoms with Crippen LogP contribution in [0.5, 0.6) is 11.5 Å². The van der Waals surface area contributed by atoms with E-state index in [9.17, 15) is 4.79 Å². The van der Waals surface area contributed by atoms with Crippen LogP contribution in [0.3, 0.4) is 0 Å². The molecule has 1 fully saturated rings. The number of pyridine rings is 1. The van der Waals surface area contributed by atoms with E-state index < -0.39 is 0 Å². The minimum atomic E-state index is 0.0521. The molecule has 2 unspecified atom stereocenters. The minimum Gasteiger partial charge on any atom is -0.496 e. The molecule has 0 radical (unpaired) electrons. The Hall–Kier alpha value is -3.06. The van der Waals surface area contributed by atoms with Gasteiger partial charge in [0.2, 0.25) is 5.91 Å². The summed E-state index contributed by atoms with van der Waals surface area (Å²) < 4.78 is 13.2. The highest BCUT2D eigenvalue weighted by Gasteiger charge is 2.43. The van der Waals surface area contributed by atoms with Gasteiger partial charge in [-0.15, -0.1) is 0 Å². The zero-order valence-electron chi connectivity index (χ0n) is 18.1. The number of rotatable bonds is 7. The molecule has 4 rings (SSSR count). The molecule has 30 heavy (non-hydrogen) atoms. The second kappa shape index (κ2) is 7.99. The topological polar surface area (TPSA) is 68.6 Å². The molecule has 2 aromatic heterocycles. The SMILES string of the molecule is COc1cccc(OC)c1-c1cc2cc(NC(=O)C3CC3CN(C)C)ncc2n1C. The van der Waals surface area contributed by atoms with Crippen LogP contribution in [0.4, 0.5) is 5.82 Å². The van der Waals surface area contributed by atoms with E-state index in [1.807, 2.05) is 45.4 Å². The first-order chi connectivity index (χ1) is 14.4. The number of methoxy groups -OCH3 is 2. The molecule has 7 nitrogen and oxygen atoms in total. The molecule has 1 aliphatic rings. The van der Waals surface area contributed by atoms with Gasteiger partial charge < -0.3 is 24.3 Å². The summed E-state index contributed by atoms with van der Waals surface area (Å²) in [7, 11) is 9.35. The lowest BCUT2D eigenvalue weighted by atomic mass is 10.1. The molecule has 0 spiro atoms. The van der Waals surface area contributed by atoms with Crippen molar-refractivity contribution in [3.63, 3.8) is 0 Å². The van der Waals surface area contributed by atoms with E-state index in [1.165, 1.54) is 0 Å². The largest absolute Gasteiger partial charge is 0.496 e. The van der Waals surface area contributed by atoms with Crippen molar-refractivity contribution in [2.45, 2.75) is 6.42 Å². The lowest BCUT2D eigenvalue weighted by Gasteiger charge is -2.13. The Morgan fingerprint density at radius 3 is 2.57 bits per heavy atom. The Morgan fingerprint density at radius 2 is 1.93 bits per heavy atom. The quantitative estimate of drug-likeness (QED) is 0.649. The standard InChI is InChI=1S/C23H28N4O3/c1-26(2)13-15-9-16(15)23(28)25-21-11-14-10-17(27(3)18(14)12-24-21)22-19(29-4)7-6-8-20(22)30-5/h6-8,10-12,15-16H,9,13H2,1-5H3,(H,24,25,28). The molecular weight excluding hydrogens is 380 g/mol. The van der Waals surface area contributed by atoms with Crippen LogP contribution in [-0.4, -0.2) is 55.2 Å². The predicted molar refractivity (Wildman–Crippen MR) is 118 cm³/mol. The van der Waals surface area contributed by atoms with Crippen molar-refractivity contribution in [1.29, 1.82) is 0 Å². The number of aryl methyl sites for hydroxylation is 1. The van der Waals surface area contributed by atoms with E-state index in [4.69, 9.17) is 9.47 Å². The monoisotopic (exact) mass is 408 g/mol. The normalized spacial score (nSPS) is 17.9. The van der Waals surface area contributed by atoms with Crippen LogP contribution < -0.4 is 14.8 Å². The second-order valence-corrected chi connectivity index (χ2v) is 8.11. The number of aromatic nitrogens is 2. The van der Waals surface area contributed by atoms with Crippen LogP contribution >= 0.6 is 0 Å². The van der Waals surface area contributed by atoms with Gasteiger partial charge in [-0.2, -0.15) is 0 Å². The molecular formula is C23H28N4O3. The molecule has 1 aromatic carbocycles.